The average Bonchev–Trinajstić information content (AvgIpc) is 3.09. The van der Waals surface area contributed by atoms with E-state index in [4.69, 9.17) is 10.2 Å². The molecular weight excluding hydrogens is 336 g/mol. The fourth-order valence-electron chi connectivity index (χ4n) is 1.89. The summed E-state index contributed by atoms with van der Waals surface area (Å²) >= 11 is 3.49. The van der Waals surface area contributed by atoms with Crippen LogP contribution in [0.5, 0.6) is 0 Å². The van der Waals surface area contributed by atoms with E-state index in [-0.39, 0.29) is 5.95 Å². The quantitative estimate of drug-likeness (QED) is 0.751. The Morgan fingerprint density at radius 2 is 2.19 bits per heavy atom. The molecule has 0 amide bonds. The van der Waals surface area contributed by atoms with Crippen molar-refractivity contribution in [1.82, 2.24) is 20.3 Å². The van der Waals surface area contributed by atoms with Crippen LogP contribution in [-0.2, 0) is 6.54 Å². The Morgan fingerprint density at radius 1 is 1.33 bits per heavy atom. The fourth-order valence-corrected chi connectivity index (χ4v) is 2.13. The van der Waals surface area contributed by atoms with Crippen molar-refractivity contribution in [2.75, 3.05) is 11.2 Å². The van der Waals surface area contributed by atoms with Gasteiger partial charge in [-0.2, -0.15) is 0 Å². The van der Waals surface area contributed by atoms with Crippen molar-refractivity contribution < 1.29 is 4.42 Å². The zero-order chi connectivity index (χ0) is 14.8. The summed E-state index contributed by atoms with van der Waals surface area (Å²) in [5, 5.41) is 10.7. The largest absolute Gasteiger partial charge is 0.459 e. The third-order valence-corrected chi connectivity index (χ3v) is 3.89. The van der Waals surface area contributed by atoms with Crippen molar-refractivity contribution >= 4 is 21.9 Å². The van der Waals surface area contributed by atoms with Crippen molar-refractivity contribution in [2.45, 2.75) is 13.5 Å². The third kappa shape index (κ3) is 2.89. The fraction of sp³-hybridized carbons (Fsp3) is 0.154. The van der Waals surface area contributed by atoms with E-state index < -0.39 is 0 Å². The lowest BCUT2D eigenvalue weighted by Gasteiger charge is -2.04. The van der Waals surface area contributed by atoms with Crippen LogP contribution in [0, 0.1) is 6.92 Å². The molecule has 3 aromatic rings. The van der Waals surface area contributed by atoms with Crippen molar-refractivity contribution in [2.24, 2.45) is 0 Å². The Bertz CT molecular complexity index is 766. The molecular formula is C13H13BrN6O. The van der Waals surface area contributed by atoms with E-state index in [1.54, 1.807) is 0 Å². The van der Waals surface area contributed by atoms with Crippen LogP contribution in [0.4, 0.5) is 5.95 Å². The molecule has 8 heteroatoms. The molecule has 0 atom stereocenters. The van der Waals surface area contributed by atoms with Crippen LogP contribution in [0.25, 0.3) is 11.3 Å². The van der Waals surface area contributed by atoms with Gasteiger partial charge in [-0.25, -0.2) is 0 Å². The van der Waals surface area contributed by atoms with Gasteiger partial charge in [0.05, 0.1) is 6.54 Å². The molecule has 7 nitrogen and oxygen atoms in total. The highest BCUT2D eigenvalue weighted by Crippen LogP contribution is 2.26. The Labute approximate surface area is 129 Å². The van der Waals surface area contributed by atoms with E-state index in [1.165, 1.54) is 4.79 Å². The summed E-state index contributed by atoms with van der Waals surface area (Å²) in [6.07, 6.45) is 0. The highest BCUT2D eigenvalue weighted by Gasteiger charge is 2.07. The Kier molecular flexibility index (Phi) is 3.61. The lowest BCUT2D eigenvalue weighted by atomic mass is 10.1. The molecule has 108 valence electrons. The lowest BCUT2D eigenvalue weighted by Crippen LogP contribution is -2.18. The highest BCUT2D eigenvalue weighted by molar-refractivity contribution is 9.10. The molecule has 0 saturated heterocycles. The number of furan rings is 1. The number of hydrogen-bond acceptors (Lipinski definition) is 6. The summed E-state index contributed by atoms with van der Waals surface area (Å²) in [6.45, 7) is 2.48. The number of anilines is 1. The summed E-state index contributed by atoms with van der Waals surface area (Å²) < 4.78 is 6.88. The summed E-state index contributed by atoms with van der Waals surface area (Å²) in [4.78, 5) is 1.30. The molecule has 0 aliphatic heterocycles. The standard InChI is InChI=1S/C13H13BrN6O/c1-8-6-9(2-4-11(8)14)12-5-3-10(21-12)7-16-20-13(15)17-18-19-20/h2-6,16H,7H2,1H3,(H2,15,17,19). The number of rotatable bonds is 4. The number of aryl methyl sites for hydroxylation is 1. The summed E-state index contributed by atoms with van der Waals surface area (Å²) in [5.41, 5.74) is 10.7. The molecule has 0 aliphatic carbocycles. The van der Waals surface area contributed by atoms with Gasteiger partial charge in [0.15, 0.2) is 0 Å². The number of nitrogens with zero attached hydrogens (tertiary/aromatic N) is 4. The van der Waals surface area contributed by atoms with Crippen molar-refractivity contribution in [3.63, 3.8) is 0 Å². The number of aromatic nitrogens is 4. The van der Waals surface area contributed by atoms with E-state index in [2.05, 4.69) is 42.9 Å². The lowest BCUT2D eigenvalue weighted by molar-refractivity contribution is 0.517. The van der Waals surface area contributed by atoms with Crippen LogP contribution in [0.2, 0.25) is 0 Å². The molecule has 3 rings (SSSR count). The molecule has 3 N–H and O–H groups in total. The first-order valence-electron chi connectivity index (χ1n) is 6.26. The predicted octanol–water partition coefficient (Wildman–Crippen LogP) is 2.33. The number of tetrazole rings is 1. The zero-order valence-electron chi connectivity index (χ0n) is 11.2. The maximum Gasteiger partial charge on any atom is 0.260 e. The molecule has 21 heavy (non-hydrogen) atoms. The molecule has 0 spiro atoms. The average molecular weight is 349 g/mol. The van der Waals surface area contributed by atoms with E-state index in [1.807, 2.05) is 31.2 Å². The second-order valence-electron chi connectivity index (χ2n) is 4.51. The van der Waals surface area contributed by atoms with Crippen LogP contribution < -0.4 is 11.2 Å². The van der Waals surface area contributed by atoms with Gasteiger partial charge in [0.1, 0.15) is 11.5 Å². The molecule has 0 saturated carbocycles. The first-order valence-corrected chi connectivity index (χ1v) is 7.06. The molecule has 0 radical (unpaired) electrons. The third-order valence-electron chi connectivity index (χ3n) is 3.00. The number of benzene rings is 1. The Balaban J connectivity index is 1.74. The van der Waals surface area contributed by atoms with Gasteiger partial charge in [0.25, 0.3) is 5.95 Å². The number of nitrogen functional groups attached to an aromatic ring is 1. The van der Waals surface area contributed by atoms with Crippen LogP contribution in [0.15, 0.2) is 39.2 Å². The zero-order valence-corrected chi connectivity index (χ0v) is 12.8. The van der Waals surface area contributed by atoms with Gasteiger partial charge in [-0.1, -0.05) is 27.1 Å². The minimum absolute atomic E-state index is 0.199. The van der Waals surface area contributed by atoms with Crippen LogP contribution in [-0.4, -0.2) is 20.3 Å². The summed E-state index contributed by atoms with van der Waals surface area (Å²) in [6, 6.07) is 9.92. The summed E-state index contributed by atoms with van der Waals surface area (Å²) in [7, 11) is 0. The van der Waals surface area contributed by atoms with Gasteiger partial charge >= 0.3 is 0 Å². The van der Waals surface area contributed by atoms with Crippen molar-refractivity contribution in [3.8, 4) is 11.3 Å². The molecule has 0 fully saturated rings. The second kappa shape index (κ2) is 5.57. The van der Waals surface area contributed by atoms with Gasteiger partial charge in [0.2, 0.25) is 0 Å². The summed E-state index contributed by atoms with van der Waals surface area (Å²) in [5.74, 6) is 1.78. The normalized spacial score (nSPS) is 10.8. The Hall–Kier alpha value is -2.35. The molecule has 0 aliphatic rings. The van der Waals surface area contributed by atoms with E-state index >= 15 is 0 Å². The SMILES string of the molecule is Cc1cc(-c2ccc(CNn3nnnc3N)o2)ccc1Br. The Morgan fingerprint density at radius 3 is 2.90 bits per heavy atom. The predicted molar refractivity (Wildman–Crippen MR) is 81.9 cm³/mol. The minimum Gasteiger partial charge on any atom is -0.459 e. The topological polar surface area (TPSA) is 94.8 Å². The molecule has 1 aromatic carbocycles. The van der Waals surface area contributed by atoms with Gasteiger partial charge in [0, 0.05) is 10.0 Å². The monoisotopic (exact) mass is 348 g/mol. The van der Waals surface area contributed by atoms with Gasteiger partial charge in [-0.3, -0.25) is 5.43 Å². The first kappa shape index (κ1) is 13.6. The van der Waals surface area contributed by atoms with Gasteiger partial charge in [-0.15, -0.1) is 4.79 Å². The molecule has 2 aromatic heterocycles. The number of nitrogens with two attached hydrogens (primary N) is 1. The smallest absolute Gasteiger partial charge is 0.260 e. The van der Waals surface area contributed by atoms with Crippen molar-refractivity contribution in [1.29, 1.82) is 0 Å². The second-order valence-corrected chi connectivity index (χ2v) is 5.37. The van der Waals surface area contributed by atoms with Gasteiger partial charge in [-0.05, 0) is 47.2 Å². The number of nitrogens with one attached hydrogen (secondary N) is 1. The maximum atomic E-state index is 5.80. The van der Waals surface area contributed by atoms with E-state index in [0.717, 1.165) is 27.1 Å². The number of hydrogen-bond donors (Lipinski definition) is 2. The highest BCUT2D eigenvalue weighted by atomic mass is 79.9. The minimum atomic E-state index is 0.199. The van der Waals surface area contributed by atoms with Crippen LogP contribution in [0.1, 0.15) is 11.3 Å². The van der Waals surface area contributed by atoms with Crippen LogP contribution >= 0.6 is 15.9 Å². The first-order chi connectivity index (χ1) is 10.1. The molecule has 0 unspecified atom stereocenters. The van der Waals surface area contributed by atoms with E-state index in [0.29, 0.717) is 6.54 Å². The maximum absolute atomic E-state index is 5.80. The van der Waals surface area contributed by atoms with E-state index in [9.17, 15) is 0 Å². The van der Waals surface area contributed by atoms with Crippen molar-refractivity contribution in [3.05, 3.63) is 46.1 Å². The van der Waals surface area contributed by atoms with Gasteiger partial charge < -0.3 is 10.2 Å². The number of halogens is 1. The molecule has 0 bridgehead atoms. The molecule has 2 heterocycles. The van der Waals surface area contributed by atoms with Crippen LogP contribution in [0.3, 0.4) is 0 Å².